The SMILES string of the molecule is COC(=O)CNC(=O)NC1(c2cccc(N)c2)CC1. The van der Waals surface area contributed by atoms with Gasteiger partial charge in [-0.2, -0.15) is 0 Å². The van der Waals surface area contributed by atoms with Crippen LogP contribution in [0.4, 0.5) is 10.5 Å². The molecule has 0 heterocycles. The summed E-state index contributed by atoms with van der Waals surface area (Å²) in [7, 11) is 1.27. The summed E-state index contributed by atoms with van der Waals surface area (Å²) < 4.78 is 4.45. The molecule has 1 aliphatic rings. The first-order valence-corrected chi connectivity index (χ1v) is 6.04. The minimum absolute atomic E-state index is 0.144. The van der Waals surface area contributed by atoms with E-state index >= 15 is 0 Å². The van der Waals surface area contributed by atoms with Crippen LogP contribution in [0.1, 0.15) is 18.4 Å². The average Bonchev–Trinajstić information content (AvgIpc) is 3.17. The fraction of sp³-hybridized carbons (Fsp3) is 0.385. The molecule has 19 heavy (non-hydrogen) atoms. The maximum absolute atomic E-state index is 11.7. The largest absolute Gasteiger partial charge is 0.468 e. The van der Waals surface area contributed by atoms with Crippen LogP contribution in [-0.2, 0) is 15.1 Å². The number of methoxy groups -OCH3 is 1. The molecule has 4 N–H and O–H groups in total. The molecule has 0 spiro atoms. The maximum Gasteiger partial charge on any atom is 0.325 e. The monoisotopic (exact) mass is 263 g/mol. The molecular weight excluding hydrogens is 246 g/mol. The Bertz CT molecular complexity index is 498. The van der Waals surface area contributed by atoms with Crippen LogP contribution in [0.2, 0.25) is 0 Å². The number of anilines is 1. The number of hydrogen-bond acceptors (Lipinski definition) is 4. The Balaban J connectivity index is 1.95. The molecule has 0 aromatic heterocycles. The van der Waals surface area contributed by atoms with Gasteiger partial charge in [0, 0.05) is 5.69 Å². The highest BCUT2D eigenvalue weighted by Gasteiger charge is 2.45. The summed E-state index contributed by atoms with van der Waals surface area (Å²) in [5, 5.41) is 5.33. The maximum atomic E-state index is 11.7. The molecule has 0 atom stereocenters. The summed E-state index contributed by atoms with van der Waals surface area (Å²) in [5.41, 5.74) is 7.04. The number of nitrogens with one attached hydrogen (secondary N) is 2. The second kappa shape index (κ2) is 5.17. The fourth-order valence-corrected chi connectivity index (χ4v) is 1.93. The van der Waals surface area contributed by atoms with Crippen molar-refractivity contribution in [2.75, 3.05) is 19.4 Å². The van der Waals surface area contributed by atoms with Crippen LogP contribution in [0.3, 0.4) is 0 Å². The van der Waals surface area contributed by atoms with Crippen molar-refractivity contribution in [3.05, 3.63) is 29.8 Å². The van der Waals surface area contributed by atoms with Gasteiger partial charge in [-0.15, -0.1) is 0 Å². The number of esters is 1. The molecule has 0 unspecified atom stereocenters. The molecule has 2 rings (SSSR count). The average molecular weight is 263 g/mol. The van der Waals surface area contributed by atoms with Crippen LogP contribution in [0.15, 0.2) is 24.3 Å². The lowest BCUT2D eigenvalue weighted by Gasteiger charge is -2.18. The molecule has 0 radical (unpaired) electrons. The minimum atomic E-state index is -0.482. The quantitative estimate of drug-likeness (QED) is 0.551. The van der Waals surface area contributed by atoms with Gasteiger partial charge >= 0.3 is 12.0 Å². The summed E-state index contributed by atoms with van der Waals surface area (Å²) in [5.74, 6) is -0.482. The lowest BCUT2D eigenvalue weighted by atomic mass is 10.0. The van der Waals surface area contributed by atoms with Crippen LogP contribution in [0.5, 0.6) is 0 Å². The van der Waals surface area contributed by atoms with E-state index in [1.54, 1.807) is 6.07 Å². The van der Waals surface area contributed by atoms with Gasteiger partial charge in [0.25, 0.3) is 0 Å². The predicted octanol–water partition coefficient (Wildman–Crippen LogP) is 0.730. The Morgan fingerprint density at radius 1 is 1.42 bits per heavy atom. The highest BCUT2D eigenvalue weighted by atomic mass is 16.5. The Kier molecular flexibility index (Phi) is 3.59. The molecule has 1 aromatic carbocycles. The van der Waals surface area contributed by atoms with Crippen LogP contribution < -0.4 is 16.4 Å². The third-order valence-corrected chi connectivity index (χ3v) is 3.16. The standard InChI is InChI=1S/C13H17N3O3/c1-19-11(17)8-15-12(18)16-13(5-6-13)9-3-2-4-10(14)7-9/h2-4,7H,5-6,8,14H2,1H3,(H2,15,16,18). The molecular formula is C13H17N3O3. The number of amides is 2. The number of benzene rings is 1. The second-order valence-electron chi connectivity index (χ2n) is 4.59. The van der Waals surface area contributed by atoms with E-state index in [1.807, 2.05) is 18.2 Å². The van der Waals surface area contributed by atoms with Crippen LogP contribution in [0, 0.1) is 0 Å². The van der Waals surface area contributed by atoms with E-state index in [-0.39, 0.29) is 18.1 Å². The highest BCUT2D eigenvalue weighted by Crippen LogP contribution is 2.45. The molecule has 1 aliphatic carbocycles. The fourth-order valence-electron chi connectivity index (χ4n) is 1.93. The van der Waals surface area contributed by atoms with Crippen molar-refractivity contribution in [3.63, 3.8) is 0 Å². The molecule has 2 amide bonds. The third kappa shape index (κ3) is 3.15. The van der Waals surface area contributed by atoms with Crippen molar-refractivity contribution in [1.29, 1.82) is 0 Å². The van der Waals surface area contributed by atoms with Gasteiger partial charge < -0.3 is 21.1 Å². The molecule has 1 aromatic rings. The van der Waals surface area contributed by atoms with E-state index in [2.05, 4.69) is 15.4 Å². The van der Waals surface area contributed by atoms with Gasteiger partial charge in [-0.05, 0) is 30.5 Å². The zero-order valence-corrected chi connectivity index (χ0v) is 10.7. The normalized spacial score (nSPS) is 15.4. The van der Waals surface area contributed by atoms with Gasteiger partial charge in [-0.1, -0.05) is 12.1 Å². The van der Waals surface area contributed by atoms with Gasteiger partial charge in [-0.25, -0.2) is 4.79 Å². The third-order valence-electron chi connectivity index (χ3n) is 3.16. The molecule has 0 saturated heterocycles. The predicted molar refractivity (Wildman–Crippen MR) is 70.3 cm³/mol. The molecule has 1 fully saturated rings. The van der Waals surface area contributed by atoms with Gasteiger partial charge in [0.2, 0.25) is 0 Å². The Morgan fingerprint density at radius 2 is 2.16 bits per heavy atom. The lowest BCUT2D eigenvalue weighted by molar-refractivity contribution is -0.139. The number of rotatable bonds is 4. The summed E-state index contributed by atoms with van der Waals surface area (Å²) >= 11 is 0. The Hall–Kier alpha value is -2.24. The van der Waals surface area contributed by atoms with Crippen molar-refractivity contribution in [2.24, 2.45) is 0 Å². The minimum Gasteiger partial charge on any atom is -0.468 e. The van der Waals surface area contributed by atoms with E-state index < -0.39 is 5.97 Å². The molecule has 0 bridgehead atoms. The summed E-state index contributed by atoms with van der Waals surface area (Å²) in [4.78, 5) is 22.6. The molecule has 1 saturated carbocycles. The van der Waals surface area contributed by atoms with Crippen LogP contribution in [-0.4, -0.2) is 25.7 Å². The van der Waals surface area contributed by atoms with E-state index in [1.165, 1.54) is 7.11 Å². The van der Waals surface area contributed by atoms with E-state index in [0.29, 0.717) is 5.69 Å². The topological polar surface area (TPSA) is 93.4 Å². The highest BCUT2D eigenvalue weighted by molar-refractivity contribution is 5.81. The first-order chi connectivity index (χ1) is 9.05. The lowest BCUT2D eigenvalue weighted by Crippen LogP contribution is -2.44. The summed E-state index contributed by atoms with van der Waals surface area (Å²) in [6, 6.07) is 7.07. The number of nitrogens with two attached hydrogens (primary N) is 1. The summed E-state index contributed by atoms with van der Waals surface area (Å²) in [6.07, 6.45) is 1.73. The van der Waals surface area contributed by atoms with Crippen molar-refractivity contribution >= 4 is 17.7 Å². The molecule has 6 heteroatoms. The zero-order valence-electron chi connectivity index (χ0n) is 10.7. The van der Waals surface area contributed by atoms with E-state index in [9.17, 15) is 9.59 Å². The number of nitrogen functional groups attached to an aromatic ring is 1. The number of carbonyl (C=O) groups is 2. The molecule has 0 aliphatic heterocycles. The van der Waals surface area contributed by atoms with Crippen molar-refractivity contribution in [3.8, 4) is 0 Å². The number of urea groups is 1. The van der Waals surface area contributed by atoms with Gasteiger partial charge in [-0.3, -0.25) is 4.79 Å². The first kappa shape index (κ1) is 13.2. The number of ether oxygens (including phenoxy) is 1. The zero-order chi connectivity index (χ0) is 13.9. The van der Waals surface area contributed by atoms with E-state index in [0.717, 1.165) is 18.4 Å². The van der Waals surface area contributed by atoms with Gasteiger partial charge in [0.05, 0.1) is 12.6 Å². The summed E-state index contributed by atoms with van der Waals surface area (Å²) in [6.45, 7) is -0.144. The van der Waals surface area contributed by atoms with Crippen LogP contribution in [0.25, 0.3) is 0 Å². The van der Waals surface area contributed by atoms with Crippen LogP contribution >= 0.6 is 0 Å². The van der Waals surface area contributed by atoms with Crippen molar-refractivity contribution in [1.82, 2.24) is 10.6 Å². The Labute approximate surface area is 111 Å². The smallest absolute Gasteiger partial charge is 0.325 e. The number of hydrogen-bond donors (Lipinski definition) is 3. The first-order valence-electron chi connectivity index (χ1n) is 6.04. The van der Waals surface area contributed by atoms with Crippen molar-refractivity contribution in [2.45, 2.75) is 18.4 Å². The molecule has 102 valence electrons. The second-order valence-corrected chi connectivity index (χ2v) is 4.59. The molecule has 6 nitrogen and oxygen atoms in total. The van der Waals surface area contributed by atoms with E-state index in [4.69, 9.17) is 5.73 Å². The van der Waals surface area contributed by atoms with Gasteiger partial charge in [0.15, 0.2) is 0 Å². The van der Waals surface area contributed by atoms with Crippen molar-refractivity contribution < 1.29 is 14.3 Å². The van der Waals surface area contributed by atoms with Gasteiger partial charge in [0.1, 0.15) is 6.54 Å². The number of carbonyl (C=O) groups excluding carboxylic acids is 2. The Morgan fingerprint density at radius 3 is 2.74 bits per heavy atom.